The van der Waals surface area contributed by atoms with Crippen LogP contribution in [-0.2, 0) is 0 Å². The Kier molecular flexibility index (Phi) is 3.04. The van der Waals surface area contributed by atoms with Crippen molar-refractivity contribution in [3.63, 3.8) is 0 Å². The second-order valence-electron chi connectivity index (χ2n) is 3.99. The predicted octanol–water partition coefficient (Wildman–Crippen LogP) is 4.03. The zero-order chi connectivity index (χ0) is 12.5. The third-order valence-corrected chi connectivity index (χ3v) is 4.15. The van der Waals surface area contributed by atoms with E-state index in [1.165, 1.54) is 11.3 Å². The van der Waals surface area contributed by atoms with Crippen molar-refractivity contribution in [3.05, 3.63) is 63.4 Å². The van der Waals surface area contributed by atoms with E-state index in [0.717, 1.165) is 21.3 Å². The summed E-state index contributed by atoms with van der Waals surface area (Å²) in [6.07, 6.45) is 1.06. The van der Waals surface area contributed by atoms with Gasteiger partial charge in [0.05, 0.1) is 10.5 Å². The topological polar surface area (TPSA) is 33.1 Å². The summed E-state index contributed by atoms with van der Waals surface area (Å²) in [6.45, 7) is 0. The van der Waals surface area contributed by atoms with Gasteiger partial charge in [0, 0.05) is 27.4 Å². The van der Waals surface area contributed by atoms with Crippen molar-refractivity contribution >= 4 is 33.8 Å². The zero-order valence-electron chi connectivity index (χ0n) is 9.38. The number of pyridine rings is 1. The van der Waals surface area contributed by atoms with Crippen molar-refractivity contribution in [3.8, 4) is 0 Å². The molecular weight excluding hydrogens is 266 g/mol. The number of nitrogens with zero attached hydrogens (tertiary/aromatic N) is 1. The molecule has 18 heavy (non-hydrogen) atoms. The van der Waals surface area contributed by atoms with Gasteiger partial charge in [0.25, 0.3) is 0 Å². The van der Waals surface area contributed by atoms with Crippen molar-refractivity contribution in [2.45, 2.75) is 6.10 Å². The van der Waals surface area contributed by atoms with Gasteiger partial charge < -0.3 is 5.11 Å². The highest BCUT2D eigenvalue weighted by molar-refractivity contribution is 7.10. The van der Waals surface area contributed by atoms with Crippen LogP contribution in [0.5, 0.6) is 0 Å². The number of aromatic nitrogens is 1. The quantitative estimate of drug-likeness (QED) is 0.766. The number of aliphatic hydroxyl groups is 1. The van der Waals surface area contributed by atoms with Crippen LogP contribution in [0, 0.1) is 0 Å². The molecule has 1 N–H and O–H groups in total. The average molecular weight is 276 g/mol. The summed E-state index contributed by atoms with van der Waals surface area (Å²) < 4.78 is 0. The molecule has 0 spiro atoms. The van der Waals surface area contributed by atoms with E-state index in [-0.39, 0.29) is 0 Å². The fourth-order valence-electron chi connectivity index (χ4n) is 1.97. The van der Waals surface area contributed by atoms with Crippen LogP contribution in [0.2, 0.25) is 5.02 Å². The van der Waals surface area contributed by atoms with E-state index in [0.29, 0.717) is 5.02 Å². The van der Waals surface area contributed by atoms with Crippen molar-refractivity contribution < 1.29 is 5.11 Å². The van der Waals surface area contributed by atoms with Crippen LogP contribution in [0.1, 0.15) is 16.5 Å². The van der Waals surface area contributed by atoms with Crippen molar-refractivity contribution in [1.82, 2.24) is 4.98 Å². The molecule has 1 aromatic carbocycles. The summed E-state index contributed by atoms with van der Waals surface area (Å²) in [5.41, 5.74) is 1.64. The Labute approximate surface area is 113 Å². The van der Waals surface area contributed by atoms with Gasteiger partial charge in [0.15, 0.2) is 0 Å². The maximum atomic E-state index is 10.4. The Balaban J connectivity index is 2.14. The molecule has 1 unspecified atom stereocenters. The number of rotatable bonds is 2. The van der Waals surface area contributed by atoms with Gasteiger partial charge in [-0.25, -0.2) is 0 Å². The summed E-state index contributed by atoms with van der Waals surface area (Å²) >= 11 is 7.35. The SMILES string of the molecule is OC(c1cc(Cl)cs1)c1cccc2cccnc12. The number of benzene rings is 1. The third-order valence-electron chi connectivity index (χ3n) is 2.82. The van der Waals surface area contributed by atoms with Crippen LogP contribution < -0.4 is 0 Å². The lowest BCUT2D eigenvalue weighted by atomic mass is 10.0. The van der Waals surface area contributed by atoms with Crippen LogP contribution in [-0.4, -0.2) is 10.1 Å². The van der Waals surface area contributed by atoms with Gasteiger partial charge >= 0.3 is 0 Å². The molecule has 4 heteroatoms. The van der Waals surface area contributed by atoms with E-state index in [4.69, 9.17) is 11.6 Å². The largest absolute Gasteiger partial charge is 0.383 e. The molecule has 0 fully saturated rings. The molecule has 0 aliphatic carbocycles. The highest BCUT2D eigenvalue weighted by Gasteiger charge is 2.15. The average Bonchev–Trinajstić information content (AvgIpc) is 2.84. The number of hydrogen-bond donors (Lipinski definition) is 1. The van der Waals surface area contributed by atoms with Gasteiger partial charge in [-0.3, -0.25) is 4.98 Å². The summed E-state index contributed by atoms with van der Waals surface area (Å²) in [4.78, 5) is 5.18. The van der Waals surface area contributed by atoms with Gasteiger partial charge in [-0.15, -0.1) is 11.3 Å². The lowest BCUT2D eigenvalue weighted by Crippen LogP contribution is -1.99. The molecule has 2 nitrogen and oxygen atoms in total. The molecule has 3 aromatic rings. The summed E-state index contributed by atoms with van der Waals surface area (Å²) in [5, 5.41) is 13.9. The monoisotopic (exact) mass is 275 g/mol. The minimum atomic E-state index is -0.680. The van der Waals surface area contributed by atoms with Gasteiger partial charge in [0.2, 0.25) is 0 Å². The molecule has 0 saturated heterocycles. The van der Waals surface area contributed by atoms with E-state index >= 15 is 0 Å². The van der Waals surface area contributed by atoms with E-state index in [1.807, 2.05) is 35.7 Å². The maximum Gasteiger partial charge on any atom is 0.115 e. The number of para-hydroxylation sites is 1. The number of thiophene rings is 1. The molecule has 0 saturated carbocycles. The lowest BCUT2D eigenvalue weighted by Gasteiger charge is -2.11. The third kappa shape index (κ3) is 2.01. The lowest BCUT2D eigenvalue weighted by molar-refractivity contribution is 0.225. The smallest absolute Gasteiger partial charge is 0.115 e. The number of halogens is 1. The first-order valence-electron chi connectivity index (χ1n) is 5.51. The first kappa shape index (κ1) is 11.7. The summed E-state index contributed by atoms with van der Waals surface area (Å²) in [7, 11) is 0. The van der Waals surface area contributed by atoms with E-state index in [9.17, 15) is 5.11 Å². The Morgan fingerprint density at radius 1 is 1.22 bits per heavy atom. The fourth-order valence-corrected chi connectivity index (χ4v) is 3.06. The zero-order valence-corrected chi connectivity index (χ0v) is 10.9. The van der Waals surface area contributed by atoms with Gasteiger partial charge in [-0.1, -0.05) is 35.9 Å². The van der Waals surface area contributed by atoms with Crippen LogP contribution in [0.4, 0.5) is 0 Å². The van der Waals surface area contributed by atoms with E-state index < -0.39 is 6.10 Å². The van der Waals surface area contributed by atoms with Gasteiger partial charge in [0.1, 0.15) is 6.10 Å². The van der Waals surface area contributed by atoms with Crippen molar-refractivity contribution in [2.24, 2.45) is 0 Å². The number of aliphatic hydroxyl groups excluding tert-OH is 1. The minimum Gasteiger partial charge on any atom is -0.383 e. The maximum absolute atomic E-state index is 10.4. The molecule has 0 bridgehead atoms. The van der Waals surface area contributed by atoms with Gasteiger partial charge in [-0.2, -0.15) is 0 Å². The normalized spacial score (nSPS) is 12.8. The van der Waals surface area contributed by atoms with E-state index in [2.05, 4.69) is 4.98 Å². The first-order chi connectivity index (χ1) is 8.75. The molecule has 0 aliphatic heterocycles. The van der Waals surface area contributed by atoms with Crippen molar-refractivity contribution in [1.29, 1.82) is 0 Å². The van der Waals surface area contributed by atoms with Crippen LogP contribution >= 0.6 is 22.9 Å². The molecule has 90 valence electrons. The molecule has 0 amide bonds. The highest BCUT2D eigenvalue weighted by Crippen LogP contribution is 2.32. The second kappa shape index (κ2) is 4.69. The molecule has 0 aliphatic rings. The Bertz CT molecular complexity index is 690. The molecule has 2 heterocycles. The highest BCUT2D eigenvalue weighted by atomic mass is 35.5. The Morgan fingerprint density at radius 2 is 2.06 bits per heavy atom. The van der Waals surface area contributed by atoms with Crippen LogP contribution in [0.15, 0.2) is 48.0 Å². The molecular formula is C14H10ClNOS. The second-order valence-corrected chi connectivity index (χ2v) is 5.37. The molecule has 1 atom stereocenters. The van der Waals surface area contributed by atoms with Crippen molar-refractivity contribution in [2.75, 3.05) is 0 Å². The standard InChI is InChI=1S/C14H10ClNOS/c15-10-7-12(18-8-10)14(17)11-5-1-3-9-4-2-6-16-13(9)11/h1-8,14,17H. The predicted molar refractivity (Wildman–Crippen MR) is 75.1 cm³/mol. The van der Waals surface area contributed by atoms with E-state index in [1.54, 1.807) is 12.3 Å². The van der Waals surface area contributed by atoms with Crippen LogP contribution in [0.3, 0.4) is 0 Å². The minimum absolute atomic E-state index is 0.655. The number of fused-ring (bicyclic) bond motifs is 1. The molecule has 2 aromatic heterocycles. The first-order valence-corrected chi connectivity index (χ1v) is 6.77. The summed E-state index contributed by atoms with van der Waals surface area (Å²) in [6, 6.07) is 11.5. The molecule has 3 rings (SSSR count). The van der Waals surface area contributed by atoms with Crippen LogP contribution in [0.25, 0.3) is 10.9 Å². The summed E-state index contributed by atoms with van der Waals surface area (Å²) in [5.74, 6) is 0. The molecule has 0 radical (unpaired) electrons. The number of hydrogen-bond acceptors (Lipinski definition) is 3. The Morgan fingerprint density at radius 3 is 2.83 bits per heavy atom. The Hall–Kier alpha value is -1.42. The fraction of sp³-hybridized carbons (Fsp3) is 0.0714. The van der Waals surface area contributed by atoms with Gasteiger partial charge in [-0.05, 0) is 12.1 Å².